The number of carbonyl (C=O) groups is 1. The molecular formula is C15H15FO4. The van der Waals surface area contributed by atoms with Crippen molar-refractivity contribution < 1.29 is 23.4 Å². The van der Waals surface area contributed by atoms with Crippen LogP contribution in [-0.2, 0) is 4.79 Å². The number of furan rings is 1. The Labute approximate surface area is 115 Å². The first-order valence-corrected chi connectivity index (χ1v) is 6.16. The van der Waals surface area contributed by atoms with Crippen molar-refractivity contribution in [1.29, 1.82) is 0 Å². The molecule has 1 aromatic carbocycles. The zero-order valence-electron chi connectivity index (χ0n) is 11.2. The molecule has 20 heavy (non-hydrogen) atoms. The first-order chi connectivity index (χ1) is 9.51. The number of carboxylic acid groups (broad SMARTS) is 1. The second kappa shape index (κ2) is 5.77. The maximum Gasteiger partial charge on any atom is 0.304 e. The Balaban J connectivity index is 2.24. The van der Waals surface area contributed by atoms with E-state index in [-0.39, 0.29) is 18.1 Å². The Morgan fingerprint density at radius 1 is 1.40 bits per heavy atom. The van der Waals surface area contributed by atoms with Gasteiger partial charge in [0.25, 0.3) is 0 Å². The summed E-state index contributed by atoms with van der Waals surface area (Å²) in [6, 6.07) is 7.95. The fourth-order valence-electron chi connectivity index (χ4n) is 1.96. The maximum atomic E-state index is 13.6. The topological polar surface area (TPSA) is 59.7 Å². The van der Waals surface area contributed by atoms with Gasteiger partial charge in [-0.2, -0.15) is 0 Å². The zero-order valence-corrected chi connectivity index (χ0v) is 11.2. The van der Waals surface area contributed by atoms with Crippen molar-refractivity contribution in [1.82, 2.24) is 0 Å². The molecule has 2 aromatic rings. The Kier molecular flexibility index (Phi) is 4.08. The smallest absolute Gasteiger partial charge is 0.304 e. The lowest BCUT2D eigenvalue weighted by Crippen LogP contribution is -2.01. The Morgan fingerprint density at radius 3 is 2.75 bits per heavy atom. The molecule has 0 spiro atoms. The quantitative estimate of drug-likeness (QED) is 0.906. The molecule has 0 saturated heterocycles. The lowest BCUT2D eigenvalue weighted by Gasteiger charge is -2.05. The summed E-state index contributed by atoms with van der Waals surface area (Å²) >= 11 is 0. The Bertz CT molecular complexity index is 618. The molecule has 0 aliphatic carbocycles. The van der Waals surface area contributed by atoms with Crippen LogP contribution in [0.3, 0.4) is 0 Å². The highest BCUT2D eigenvalue weighted by Crippen LogP contribution is 2.30. The van der Waals surface area contributed by atoms with E-state index in [0.29, 0.717) is 17.1 Å². The van der Waals surface area contributed by atoms with Gasteiger partial charge in [0.2, 0.25) is 0 Å². The van der Waals surface area contributed by atoms with Gasteiger partial charge in [0.05, 0.1) is 13.5 Å². The first-order valence-electron chi connectivity index (χ1n) is 6.16. The van der Waals surface area contributed by atoms with Gasteiger partial charge in [-0.05, 0) is 30.3 Å². The molecule has 0 fully saturated rings. The van der Waals surface area contributed by atoms with Crippen LogP contribution in [-0.4, -0.2) is 18.2 Å². The lowest BCUT2D eigenvalue weighted by molar-refractivity contribution is -0.137. The second-order valence-corrected chi connectivity index (χ2v) is 4.55. The van der Waals surface area contributed by atoms with Crippen LogP contribution >= 0.6 is 0 Å². The van der Waals surface area contributed by atoms with Crippen molar-refractivity contribution in [2.24, 2.45) is 0 Å². The summed E-state index contributed by atoms with van der Waals surface area (Å²) in [5.74, 6) is -0.353. The van der Waals surface area contributed by atoms with Crippen molar-refractivity contribution in [2.75, 3.05) is 7.11 Å². The van der Waals surface area contributed by atoms with Gasteiger partial charge in [0.1, 0.15) is 11.5 Å². The molecule has 0 amide bonds. The summed E-state index contributed by atoms with van der Waals surface area (Å²) in [6.07, 6.45) is -0.00999. The minimum absolute atomic E-state index is 0.00999. The van der Waals surface area contributed by atoms with Crippen LogP contribution in [0.4, 0.5) is 4.39 Å². The average molecular weight is 278 g/mol. The molecule has 0 aliphatic heterocycles. The van der Waals surface area contributed by atoms with Crippen molar-refractivity contribution in [3.63, 3.8) is 0 Å². The normalized spacial score (nSPS) is 12.2. The van der Waals surface area contributed by atoms with Crippen LogP contribution in [0.5, 0.6) is 5.75 Å². The lowest BCUT2D eigenvalue weighted by atomic mass is 10.1. The highest BCUT2D eigenvalue weighted by molar-refractivity contribution is 5.68. The van der Waals surface area contributed by atoms with Crippen LogP contribution in [0.15, 0.2) is 34.7 Å². The van der Waals surface area contributed by atoms with Gasteiger partial charge >= 0.3 is 5.97 Å². The standard InChI is InChI=1S/C15H15FO4/c1-9(7-15(17)18)12-5-6-13(20-12)10-3-4-14(19-2)11(16)8-10/h3-6,8-9H,7H2,1-2H3,(H,17,18). The number of aliphatic carboxylic acids is 1. The third kappa shape index (κ3) is 2.99. The number of methoxy groups -OCH3 is 1. The van der Waals surface area contributed by atoms with E-state index in [1.807, 2.05) is 0 Å². The van der Waals surface area contributed by atoms with E-state index in [4.69, 9.17) is 14.3 Å². The minimum atomic E-state index is -0.883. The molecule has 1 heterocycles. The molecule has 1 unspecified atom stereocenters. The maximum absolute atomic E-state index is 13.6. The van der Waals surface area contributed by atoms with Crippen LogP contribution in [0.2, 0.25) is 0 Å². The number of halogens is 1. The molecular weight excluding hydrogens is 263 g/mol. The molecule has 106 valence electrons. The largest absolute Gasteiger partial charge is 0.494 e. The zero-order chi connectivity index (χ0) is 14.7. The van der Waals surface area contributed by atoms with E-state index in [0.717, 1.165) is 0 Å². The SMILES string of the molecule is COc1ccc(-c2ccc(C(C)CC(=O)O)o2)cc1F. The average Bonchev–Trinajstić information content (AvgIpc) is 2.87. The monoisotopic (exact) mass is 278 g/mol. The molecule has 0 bridgehead atoms. The highest BCUT2D eigenvalue weighted by atomic mass is 19.1. The molecule has 1 atom stereocenters. The third-order valence-electron chi connectivity index (χ3n) is 3.03. The summed E-state index contributed by atoms with van der Waals surface area (Å²) in [6.45, 7) is 1.77. The number of hydrogen-bond acceptors (Lipinski definition) is 3. The molecule has 1 aromatic heterocycles. The van der Waals surface area contributed by atoms with E-state index in [2.05, 4.69) is 0 Å². The molecule has 2 rings (SSSR count). The molecule has 0 radical (unpaired) electrons. The number of rotatable bonds is 5. The summed E-state index contributed by atoms with van der Waals surface area (Å²) in [7, 11) is 1.40. The summed E-state index contributed by atoms with van der Waals surface area (Å²) in [5.41, 5.74) is 0.581. The van der Waals surface area contributed by atoms with Gasteiger partial charge in [0.15, 0.2) is 11.6 Å². The number of benzene rings is 1. The van der Waals surface area contributed by atoms with Crippen molar-refractivity contribution in [2.45, 2.75) is 19.3 Å². The third-order valence-corrected chi connectivity index (χ3v) is 3.03. The highest BCUT2D eigenvalue weighted by Gasteiger charge is 2.15. The van der Waals surface area contributed by atoms with Crippen LogP contribution < -0.4 is 4.74 Å². The van der Waals surface area contributed by atoms with E-state index in [1.54, 1.807) is 25.1 Å². The van der Waals surface area contributed by atoms with E-state index >= 15 is 0 Å². The Hall–Kier alpha value is -2.30. The summed E-state index contributed by atoms with van der Waals surface area (Å²) in [4.78, 5) is 10.7. The van der Waals surface area contributed by atoms with Crippen molar-refractivity contribution >= 4 is 5.97 Å². The van der Waals surface area contributed by atoms with Gasteiger partial charge in [-0.1, -0.05) is 6.92 Å². The van der Waals surface area contributed by atoms with E-state index in [9.17, 15) is 9.18 Å². The molecule has 0 saturated carbocycles. The first kappa shape index (κ1) is 14.1. The van der Waals surface area contributed by atoms with Gasteiger partial charge in [0, 0.05) is 11.5 Å². The fourth-order valence-corrected chi connectivity index (χ4v) is 1.96. The summed E-state index contributed by atoms with van der Waals surface area (Å²) in [5, 5.41) is 8.76. The van der Waals surface area contributed by atoms with E-state index in [1.165, 1.54) is 19.2 Å². The van der Waals surface area contributed by atoms with Crippen LogP contribution in [0, 0.1) is 5.82 Å². The minimum Gasteiger partial charge on any atom is -0.494 e. The molecule has 1 N–H and O–H groups in total. The van der Waals surface area contributed by atoms with Gasteiger partial charge in [-0.25, -0.2) is 4.39 Å². The van der Waals surface area contributed by atoms with Crippen molar-refractivity contribution in [3.8, 4) is 17.1 Å². The Morgan fingerprint density at radius 2 is 2.15 bits per heavy atom. The van der Waals surface area contributed by atoms with Crippen LogP contribution in [0.1, 0.15) is 25.0 Å². The molecule has 0 aliphatic rings. The van der Waals surface area contributed by atoms with Crippen LogP contribution in [0.25, 0.3) is 11.3 Å². The van der Waals surface area contributed by atoms with Gasteiger partial charge < -0.3 is 14.3 Å². The number of hydrogen-bond donors (Lipinski definition) is 1. The van der Waals surface area contributed by atoms with Gasteiger partial charge in [-0.15, -0.1) is 0 Å². The van der Waals surface area contributed by atoms with Gasteiger partial charge in [-0.3, -0.25) is 4.79 Å². The fraction of sp³-hybridized carbons (Fsp3) is 0.267. The molecule has 4 nitrogen and oxygen atoms in total. The summed E-state index contributed by atoms with van der Waals surface area (Å²) < 4.78 is 24.1. The van der Waals surface area contributed by atoms with E-state index < -0.39 is 11.8 Å². The van der Waals surface area contributed by atoms with Crippen molar-refractivity contribution in [3.05, 3.63) is 41.9 Å². The predicted octanol–water partition coefficient (Wildman–Crippen LogP) is 3.67. The number of ether oxygens (including phenoxy) is 1. The second-order valence-electron chi connectivity index (χ2n) is 4.55. The number of carboxylic acids is 1. The predicted molar refractivity (Wildman–Crippen MR) is 71.3 cm³/mol. The molecule has 5 heteroatoms.